The van der Waals surface area contributed by atoms with Gasteiger partial charge in [-0.05, 0) is 0 Å². The summed E-state index contributed by atoms with van der Waals surface area (Å²) in [6.07, 6.45) is 12.2. The summed E-state index contributed by atoms with van der Waals surface area (Å²) in [5.41, 5.74) is 12.4. The molecule has 0 saturated carbocycles. The van der Waals surface area contributed by atoms with Gasteiger partial charge < -0.3 is 0 Å². The summed E-state index contributed by atoms with van der Waals surface area (Å²) in [6, 6.07) is 11.6. The number of para-hydroxylation sites is 1. The monoisotopic (exact) mass is 671 g/mol. The molecule has 0 radical (unpaired) electrons. The molecule has 0 spiro atoms. The van der Waals surface area contributed by atoms with Crippen molar-refractivity contribution in [1.82, 2.24) is 4.90 Å². The van der Waals surface area contributed by atoms with Crippen LogP contribution >= 0.6 is 9.19 Å². The number of fused-ring (bicyclic) bond motifs is 1. The number of halogens is 1. The van der Waals surface area contributed by atoms with Gasteiger partial charge in [0.1, 0.15) is 0 Å². The van der Waals surface area contributed by atoms with Gasteiger partial charge >= 0.3 is 227 Å². The van der Waals surface area contributed by atoms with E-state index in [0.717, 1.165) is 19.3 Å². The van der Waals surface area contributed by atoms with Crippen LogP contribution in [0.2, 0.25) is 0 Å². The van der Waals surface area contributed by atoms with Gasteiger partial charge in [-0.2, -0.15) is 0 Å². The van der Waals surface area contributed by atoms with E-state index < -0.39 is 18.7 Å². The molecule has 2 aliphatic rings. The molecule has 2 nitrogen and oxygen atoms in total. The minimum atomic E-state index is -0.500. The molecule has 0 saturated heterocycles. The molecule has 1 atom stereocenters. The number of allylic oxidation sites excluding steroid dienone is 3. The number of aryl methyl sites for hydroxylation is 3. The van der Waals surface area contributed by atoms with Crippen molar-refractivity contribution in [2.45, 2.75) is 83.9 Å². The Labute approximate surface area is 225 Å². The first-order valence-electron chi connectivity index (χ1n) is 13.0. The van der Waals surface area contributed by atoms with Crippen molar-refractivity contribution in [3.05, 3.63) is 93.8 Å². The van der Waals surface area contributed by atoms with Crippen molar-refractivity contribution in [3.8, 4) is 0 Å². The van der Waals surface area contributed by atoms with E-state index in [1.165, 1.54) is 50.5 Å². The average Bonchev–Trinajstić information content (AvgIpc) is 3.25. The van der Waals surface area contributed by atoms with Gasteiger partial charge in [-0.25, -0.2) is 0 Å². The minimum absolute atomic E-state index is 0.125. The molecule has 0 aromatic heterocycles. The summed E-state index contributed by atoms with van der Waals surface area (Å²) in [5, 5.41) is 0. The molecule has 2 heterocycles. The molecular formula is C31H39AuClN2. The predicted molar refractivity (Wildman–Crippen MR) is 148 cm³/mol. The second kappa shape index (κ2) is 11.1. The number of nitrogens with zero attached hydrogens (tertiary/aromatic N) is 2. The van der Waals surface area contributed by atoms with Crippen molar-refractivity contribution >= 4 is 20.6 Å². The number of rotatable bonds is 8. The third-order valence-electron chi connectivity index (χ3n) is 7.18. The molecule has 35 heavy (non-hydrogen) atoms. The fraction of sp³-hybridized carbons (Fsp3) is 0.419. The summed E-state index contributed by atoms with van der Waals surface area (Å²) in [4.78, 5) is 5.02. The van der Waals surface area contributed by atoms with E-state index in [2.05, 4.69) is 113 Å². The molecular weight excluding hydrogens is 633 g/mol. The first kappa shape index (κ1) is 26.4. The number of anilines is 1. The molecule has 2 aromatic carbocycles. The maximum atomic E-state index is 6.91. The van der Waals surface area contributed by atoms with Crippen molar-refractivity contribution < 1.29 is 18.7 Å². The Morgan fingerprint density at radius 2 is 1.51 bits per heavy atom. The number of hydrogen-bond acceptors (Lipinski definition) is 2. The van der Waals surface area contributed by atoms with Gasteiger partial charge in [-0.3, -0.25) is 0 Å². The Balaban J connectivity index is 1.88. The molecule has 4 heteroatoms. The van der Waals surface area contributed by atoms with Gasteiger partial charge in [0.15, 0.2) is 0 Å². The van der Waals surface area contributed by atoms with Crippen molar-refractivity contribution in [2.75, 3.05) is 4.90 Å². The third kappa shape index (κ3) is 4.83. The Bertz CT molecular complexity index is 1120. The zero-order valence-electron chi connectivity index (χ0n) is 22.1. The standard InChI is InChI=1S/C31H39N2.Au.ClH/c1-8-23-17-24(9-2)30(25(10-3)18-23)29-16-11-13-26-19-32(20-33(26)29)31-27(21(4)5)14-12-15-28(31)22(6)7;;/h11-22H,8-10H2,1-7H3;;1H/q;+1;/p-1. The number of benzene rings is 2. The Morgan fingerprint density at radius 3 is 2.00 bits per heavy atom. The van der Waals surface area contributed by atoms with Crippen LogP contribution in [0.25, 0.3) is 5.70 Å². The van der Waals surface area contributed by atoms with E-state index in [1.54, 1.807) is 0 Å². The van der Waals surface area contributed by atoms with Crippen LogP contribution in [0.1, 0.15) is 93.7 Å². The van der Waals surface area contributed by atoms with Crippen LogP contribution in [-0.2, 0) is 37.9 Å². The quantitative estimate of drug-likeness (QED) is 0.259. The SMILES string of the molecule is CCc1cc(CC)c(C2=CC=CC3=CN(c4c(C(C)C)cccc4C(C)C)[CH]([Au][Cl])N32)c(CC)c1. The van der Waals surface area contributed by atoms with E-state index in [9.17, 15) is 0 Å². The van der Waals surface area contributed by atoms with E-state index in [0.29, 0.717) is 11.8 Å². The van der Waals surface area contributed by atoms with Gasteiger partial charge in [-0.1, -0.05) is 0 Å². The Morgan fingerprint density at radius 1 is 0.914 bits per heavy atom. The molecule has 2 aliphatic heterocycles. The first-order valence-corrected chi connectivity index (χ1v) is 16.9. The van der Waals surface area contributed by atoms with Crippen molar-refractivity contribution in [2.24, 2.45) is 0 Å². The van der Waals surface area contributed by atoms with Crippen LogP contribution in [0.3, 0.4) is 0 Å². The third-order valence-corrected chi connectivity index (χ3v) is 9.73. The molecule has 0 bridgehead atoms. The molecule has 0 amide bonds. The van der Waals surface area contributed by atoms with E-state index >= 15 is 0 Å². The fourth-order valence-electron chi connectivity index (χ4n) is 5.35. The molecule has 4 rings (SSSR count). The molecule has 0 aliphatic carbocycles. The summed E-state index contributed by atoms with van der Waals surface area (Å²) in [6.45, 7) is 16.0. The Hall–Kier alpha value is -1.71. The topological polar surface area (TPSA) is 6.48 Å². The van der Waals surface area contributed by atoms with E-state index in [1.807, 2.05) is 0 Å². The van der Waals surface area contributed by atoms with Crippen LogP contribution in [0.5, 0.6) is 0 Å². The fourth-order valence-corrected chi connectivity index (χ4v) is 7.85. The molecule has 191 valence electrons. The van der Waals surface area contributed by atoms with Gasteiger partial charge in [0.05, 0.1) is 0 Å². The molecule has 2 aromatic rings. The number of hydrogen-bond donors (Lipinski definition) is 0. The van der Waals surface area contributed by atoms with Gasteiger partial charge in [0, 0.05) is 0 Å². The van der Waals surface area contributed by atoms with Crippen LogP contribution in [-0.4, -0.2) is 9.28 Å². The first-order chi connectivity index (χ1) is 16.9. The predicted octanol–water partition coefficient (Wildman–Crippen LogP) is 8.71. The Kier molecular flexibility index (Phi) is 8.38. The van der Waals surface area contributed by atoms with E-state index in [4.69, 9.17) is 9.19 Å². The zero-order chi connectivity index (χ0) is 25.3. The second-order valence-electron chi connectivity index (χ2n) is 10.0. The maximum absolute atomic E-state index is 6.91. The van der Waals surface area contributed by atoms with E-state index in [-0.39, 0.29) is 4.38 Å². The summed E-state index contributed by atoms with van der Waals surface area (Å²) >= 11 is -0.500. The molecule has 1 unspecified atom stereocenters. The summed E-state index contributed by atoms with van der Waals surface area (Å²) < 4.78 is 0.125. The van der Waals surface area contributed by atoms with Gasteiger partial charge in [0.25, 0.3) is 0 Å². The van der Waals surface area contributed by atoms with Gasteiger partial charge in [-0.15, -0.1) is 0 Å². The van der Waals surface area contributed by atoms with Crippen LogP contribution in [0.4, 0.5) is 5.69 Å². The summed E-state index contributed by atoms with van der Waals surface area (Å²) in [7, 11) is 6.91. The second-order valence-corrected chi connectivity index (χ2v) is 12.7. The van der Waals surface area contributed by atoms with Gasteiger partial charge in [0.2, 0.25) is 0 Å². The van der Waals surface area contributed by atoms with Crippen LogP contribution in [0, 0.1) is 0 Å². The zero-order valence-corrected chi connectivity index (χ0v) is 25.0. The molecule has 0 N–H and O–H groups in total. The van der Waals surface area contributed by atoms with Crippen LogP contribution in [0.15, 0.2) is 60.5 Å². The van der Waals surface area contributed by atoms with Crippen molar-refractivity contribution in [3.63, 3.8) is 0 Å². The summed E-state index contributed by atoms with van der Waals surface area (Å²) in [5.74, 6) is 0.885. The van der Waals surface area contributed by atoms with Crippen molar-refractivity contribution in [1.29, 1.82) is 0 Å². The van der Waals surface area contributed by atoms with Crippen LogP contribution < -0.4 is 4.90 Å². The normalized spacial score (nSPS) is 17.5. The average molecular weight is 672 g/mol. The molecule has 0 fully saturated rings.